The zero-order chi connectivity index (χ0) is 30.9. The van der Waals surface area contributed by atoms with E-state index in [1.807, 2.05) is 50.0 Å². The molecular weight excluding hydrogens is 504 g/mol. The lowest BCUT2D eigenvalue weighted by atomic mass is 9.82. The summed E-state index contributed by atoms with van der Waals surface area (Å²) in [7, 11) is 0. The predicted molar refractivity (Wildman–Crippen MR) is 177 cm³/mol. The second-order valence-corrected chi connectivity index (χ2v) is 12.7. The lowest BCUT2D eigenvalue weighted by molar-refractivity contribution is 0.0151. The molecule has 1 aliphatic heterocycles. The molecule has 4 heteroatoms. The highest BCUT2D eigenvalue weighted by Crippen LogP contribution is 2.45. The summed E-state index contributed by atoms with van der Waals surface area (Å²) in [6.45, 7) is 34.1. The van der Waals surface area contributed by atoms with Gasteiger partial charge in [-0.1, -0.05) is 88.3 Å². The molecule has 0 radical (unpaired) electrons. The van der Waals surface area contributed by atoms with E-state index in [9.17, 15) is 4.79 Å². The van der Waals surface area contributed by atoms with E-state index in [-0.39, 0.29) is 12.1 Å². The van der Waals surface area contributed by atoms with Crippen LogP contribution in [0.25, 0.3) is 0 Å². The van der Waals surface area contributed by atoms with Crippen LogP contribution in [0.1, 0.15) is 74.7 Å². The molecule has 1 saturated carbocycles. The van der Waals surface area contributed by atoms with Crippen molar-refractivity contribution in [1.82, 2.24) is 4.90 Å². The maximum Gasteiger partial charge on any atom is 0.410 e. The highest BCUT2D eigenvalue weighted by molar-refractivity contribution is 6.05. The molecule has 0 spiro atoms. The van der Waals surface area contributed by atoms with Crippen LogP contribution in [0.15, 0.2) is 113 Å². The lowest BCUT2D eigenvalue weighted by Crippen LogP contribution is -2.44. The van der Waals surface area contributed by atoms with Crippen LogP contribution in [-0.2, 0) is 4.74 Å². The Morgan fingerprint density at radius 1 is 1.12 bits per heavy atom. The van der Waals surface area contributed by atoms with E-state index in [1.165, 1.54) is 5.57 Å². The van der Waals surface area contributed by atoms with Crippen molar-refractivity contribution in [2.75, 3.05) is 13.1 Å². The Labute approximate surface area is 250 Å². The standard InChI is InChI=1S/C37H52N2O2/c1-13-15-16-17-31(14-2)20-26(5)21-33(32-18-19-32)35-30(9)38-23-28(7)34(35)27(6)22-29(8)39(24-25(3)4)36(40)41-37(10,11)12/h13-17,20-21,25,29,32H,1-2,6-7,18-19,22-24H2,3-5,8-12H3/b16-15-,26-20-,31-17+,33-21-/t29-/m1/s1. The molecule has 222 valence electrons. The second kappa shape index (κ2) is 15.0. The molecule has 1 fully saturated rings. The van der Waals surface area contributed by atoms with Crippen molar-refractivity contribution in [1.29, 1.82) is 0 Å². The largest absolute Gasteiger partial charge is 0.444 e. The first kappa shape index (κ1) is 33.8. The van der Waals surface area contributed by atoms with E-state index in [0.717, 1.165) is 52.0 Å². The van der Waals surface area contributed by atoms with Crippen molar-refractivity contribution >= 4 is 11.8 Å². The molecular formula is C37H52N2O2. The fourth-order valence-electron chi connectivity index (χ4n) is 4.99. The van der Waals surface area contributed by atoms with Gasteiger partial charge in [-0.2, -0.15) is 0 Å². The number of allylic oxidation sites excluding steroid dienone is 11. The number of dihydropyridines is 1. The minimum atomic E-state index is -0.554. The van der Waals surface area contributed by atoms with Crippen LogP contribution in [0.5, 0.6) is 0 Å². The van der Waals surface area contributed by atoms with Gasteiger partial charge in [0.25, 0.3) is 0 Å². The van der Waals surface area contributed by atoms with Crippen molar-refractivity contribution in [3.63, 3.8) is 0 Å². The molecule has 4 nitrogen and oxygen atoms in total. The van der Waals surface area contributed by atoms with Gasteiger partial charge in [0.2, 0.25) is 0 Å². The Morgan fingerprint density at radius 3 is 2.32 bits per heavy atom. The van der Waals surface area contributed by atoms with Crippen LogP contribution < -0.4 is 0 Å². The molecule has 2 rings (SSSR count). The predicted octanol–water partition coefficient (Wildman–Crippen LogP) is 9.68. The number of hydrogen-bond acceptors (Lipinski definition) is 3. The Balaban J connectivity index is 2.52. The molecule has 0 bridgehead atoms. The van der Waals surface area contributed by atoms with Crippen molar-refractivity contribution in [3.8, 4) is 0 Å². The molecule has 1 heterocycles. The summed E-state index contributed by atoms with van der Waals surface area (Å²) in [5.74, 6) is 0.800. The molecule has 1 aliphatic carbocycles. The fraction of sp³-hybridized carbons (Fsp3) is 0.459. The molecule has 1 atom stereocenters. The van der Waals surface area contributed by atoms with Gasteiger partial charge in [-0.25, -0.2) is 4.79 Å². The van der Waals surface area contributed by atoms with E-state index in [2.05, 4.69) is 73.1 Å². The third kappa shape index (κ3) is 10.5. The second-order valence-electron chi connectivity index (χ2n) is 12.7. The number of amides is 1. The van der Waals surface area contributed by atoms with E-state index >= 15 is 0 Å². The molecule has 1 amide bonds. The van der Waals surface area contributed by atoms with Crippen molar-refractivity contribution < 1.29 is 9.53 Å². The quantitative estimate of drug-likeness (QED) is 0.212. The number of aliphatic imine (C=N–C) groups is 1. The average Bonchev–Trinajstić information content (AvgIpc) is 3.70. The number of hydrogen-bond donors (Lipinski definition) is 0. The smallest absolute Gasteiger partial charge is 0.410 e. The monoisotopic (exact) mass is 556 g/mol. The number of carbonyl (C=O) groups is 1. The summed E-state index contributed by atoms with van der Waals surface area (Å²) in [6, 6.07) is -0.0839. The first-order valence-electron chi connectivity index (χ1n) is 14.8. The summed E-state index contributed by atoms with van der Waals surface area (Å²) in [6.07, 6.45) is 16.6. The van der Waals surface area contributed by atoms with Gasteiger partial charge in [-0.05, 0) is 101 Å². The molecule has 0 unspecified atom stereocenters. The van der Waals surface area contributed by atoms with E-state index in [1.54, 1.807) is 6.08 Å². The zero-order valence-corrected chi connectivity index (χ0v) is 26.8. The van der Waals surface area contributed by atoms with E-state index in [4.69, 9.17) is 9.73 Å². The van der Waals surface area contributed by atoms with Gasteiger partial charge in [0.1, 0.15) is 5.60 Å². The summed E-state index contributed by atoms with van der Waals surface area (Å²) >= 11 is 0. The third-order valence-corrected chi connectivity index (χ3v) is 6.94. The molecule has 0 aromatic heterocycles. The van der Waals surface area contributed by atoms with Gasteiger partial charge in [0, 0.05) is 23.9 Å². The summed E-state index contributed by atoms with van der Waals surface area (Å²) in [5, 5.41) is 0. The van der Waals surface area contributed by atoms with Crippen LogP contribution >= 0.6 is 0 Å². The van der Waals surface area contributed by atoms with Gasteiger partial charge < -0.3 is 9.64 Å². The molecule has 0 saturated heterocycles. The molecule has 41 heavy (non-hydrogen) atoms. The summed E-state index contributed by atoms with van der Waals surface area (Å²) in [5.41, 5.74) is 8.14. The van der Waals surface area contributed by atoms with Gasteiger partial charge in [-0.15, -0.1) is 0 Å². The Hall–Kier alpha value is -3.40. The van der Waals surface area contributed by atoms with Gasteiger partial charge in [-0.3, -0.25) is 4.99 Å². The SMILES string of the molecule is C=C\C=C/C=C(C=C)/C=C(C)\C=C(/C1=C(C(=C)C[C@@H](C)N(CC(C)C)C(=O)OC(C)(C)C)C(=C)CN=C1C)C1CC1. The van der Waals surface area contributed by atoms with E-state index in [0.29, 0.717) is 31.3 Å². The van der Waals surface area contributed by atoms with Crippen molar-refractivity contribution in [2.24, 2.45) is 16.8 Å². The maximum absolute atomic E-state index is 13.2. The van der Waals surface area contributed by atoms with Crippen LogP contribution in [0.2, 0.25) is 0 Å². The fourth-order valence-corrected chi connectivity index (χ4v) is 4.99. The van der Waals surface area contributed by atoms with Gasteiger partial charge >= 0.3 is 6.09 Å². The van der Waals surface area contributed by atoms with Gasteiger partial charge in [0.15, 0.2) is 0 Å². The minimum absolute atomic E-state index is 0.0839. The van der Waals surface area contributed by atoms with Crippen molar-refractivity contribution in [3.05, 3.63) is 108 Å². The first-order valence-corrected chi connectivity index (χ1v) is 14.8. The van der Waals surface area contributed by atoms with Crippen LogP contribution in [-0.4, -0.2) is 41.4 Å². The van der Waals surface area contributed by atoms with Gasteiger partial charge in [0.05, 0.1) is 6.54 Å². The third-order valence-electron chi connectivity index (χ3n) is 6.94. The van der Waals surface area contributed by atoms with E-state index < -0.39 is 5.60 Å². The van der Waals surface area contributed by atoms with Crippen LogP contribution in [0.4, 0.5) is 4.79 Å². The highest BCUT2D eigenvalue weighted by Gasteiger charge is 2.34. The number of rotatable bonds is 13. The average molecular weight is 557 g/mol. The first-order chi connectivity index (χ1) is 19.2. The highest BCUT2D eigenvalue weighted by atomic mass is 16.6. The lowest BCUT2D eigenvalue weighted by Gasteiger charge is -2.34. The minimum Gasteiger partial charge on any atom is -0.444 e. The van der Waals surface area contributed by atoms with Crippen LogP contribution in [0, 0.1) is 11.8 Å². The van der Waals surface area contributed by atoms with Crippen LogP contribution in [0.3, 0.4) is 0 Å². The molecule has 2 aliphatic rings. The topological polar surface area (TPSA) is 41.9 Å². The summed E-state index contributed by atoms with van der Waals surface area (Å²) < 4.78 is 5.77. The zero-order valence-electron chi connectivity index (χ0n) is 26.8. The molecule has 0 N–H and O–H groups in total. The number of ether oxygens (including phenoxy) is 1. The number of carbonyl (C=O) groups excluding carboxylic acids is 1. The molecule has 0 aromatic carbocycles. The Bertz CT molecular complexity index is 1220. The Morgan fingerprint density at radius 2 is 1.78 bits per heavy atom. The normalized spacial score (nSPS) is 18.0. The summed E-state index contributed by atoms with van der Waals surface area (Å²) in [4.78, 5) is 19.9. The number of nitrogens with zero attached hydrogens (tertiary/aromatic N) is 2. The molecule has 0 aromatic rings. The Kier molecular flexibility index (Phi) is 12.4. The maximum atomic E-state index is 13.2. The van der Waals surface area contributed by atoms with Crippen molar-refractivity contribution in [2.45, 2.75) is 86.3 Å².